The van der Waals surface area contributed by atoms with Crippen LogP contribution in [-0.2, 0) is 17.8 Å². The fraction of sp³-hybridized carbons (Fsp3) is 0.357. The standard InChI is InChI=1S/C28H33N5O2S/c1-5-16-33-26(23-15-10-17-32(23)27(35)22-14-8-7-11-19(22)3)30-31-28(33)36-18-24(34)29-25-20(4)12-9-13-21(25)6-2/h5,7-9,11-14,23H,1,6,10,15-18H2,2-4H3,(H,29,34). The molecule has 1 saturated heterocycles. The zero-order valence-electron chi connectivity index (χ0n) is 21.2. The van der Waals surface area contributed by atoms with Gasteiger partial charge in [-0.05, 0) is 55.9 Å². The summed E-state index contributed by atoms with van der Waals surface area (Å²) in [5, 5.41) is 12.6. The SMILES string of the molecule is C=CCn1c(SCC(=O)Nc2c(C)cccc2CC)nnc1C1CCCN1C(=O)c1ccccc1C. The molecule has 0 saturated carbocycles. The van der Waals surface area contributed by atoms with Crippen LogP contribution in [-0.4, -0.2) is 43.8 Å². The monoisotopic (exact) mass is 503 g/mol. The van der Waals surface area contributed by atoms with Crippen LogP contribution in [0.25, 0.3) is 0 Å². The average Bonchev–Trinajstić information content (AvgIpc) is 3.51. The third kappa shape index (κ3) is 5.38. The smallest absolute Gasteiger partial charge is 0.254 e. The van der Waals surface area contributed by atoms with Gasteiger partial charge in [0.05, 0.1) is 11.8 Å². The Morgan fingerprint density at radius 2 is 1.92 bits per heavy atom. The predicted molar refractivity (Wildman–Crippen MR) is 144 cm³/mol. The number of aryl methyl sites for hydroxylation is 3. The fourth-order valence-corrected chi connectivity index (χ4v) is 5.46. The van der Waals surface area contributed by atoms with E-state index in [-0.39, 0.29) is 23.6 Å². The molecule has 0 radical (unpaired) electrons. The number of rotatable bonds is 9. The van der Waals surface area contributed by atoms with Gasteiger partial charge in [0.25, 0.3) is 5.91 Å². The van der Waals surface area contributed by atoms with Crippen LogP contribution in [0.3, 0.4) is 0 Å². The normalized spacial score (nSPS) is 15.2. The molecule has 1 aliphatic heterocycles. The summed E-state index contributed by atoms with van der Waals surface area (Å²) in [5.41, 5.74) is 4.72. The Kier molecular flexibility index (Phi) is 8.25. The van der Waals surface area contributed by atoms with Gasteiger partial charge in [-0.2, -0.15) is 0 Å². The minimum absolute atomic E-state index is 0.0160. The van der Waals surface area contributed by atoms with E-state index in [0.29, 0.717) is 23.8 Å². The highest BCUT2D eigenvalue weighted by Crippen LogP contribution is 2.34. The number of carbonyl (C=O) groups is 2. The summed E-state index contributed by atoms with van der Waals surface area (Å²) in [6.07, 6.45) is 4.37. The van der Waals surface area contributed by atoms with Crippen LogP contribution >= 0.6 is 11.8 Å². The molecule has 0 aliphatic carbocycles. The van der Waals surface area contributed by atoms with E-state index in [9.17, 15) is 9.59 Å². The van der Waals surface area contributed by atoms with Crippen LogP contribution in [0, 0.1) is 13.8 Å². The molecule has 1 aromatic heterocycles. The van der Waals surface area contributed by atoms with E-state index in [1.807, 2.05) is 65.8 Å². The number of aromatic nitrogens is 3. The lowest BCUT2D eigenvalue weighted by Crippen LogP contribution is -2.32. The van der Waals surface area contributed by atoms with E-state index < -0.39 is 0 Å². The number of thioether (sulfide) groups is 1. The van der Waals surface area contributed by atoms with Crippen molar-refractivity contribution in [3.8, 4) is 0 Å². The third-order valence-corrected chi connectivity index (χ3v) is 7.55. The van der Waals surface area contributed by atoms with Gasteiger partial charge in [0.2, 0.25) is 5.91 Å². The van der Waals surface area contributed by atoms with Gasteiger partial charge in [0.1, 0.15) is 0 Å². The Bertz CT molecular complexity index is 1270. The first-order valence-corrected chi connectivity index (χ1v) is 13.3. The van der Waals surface area contributed by atoms with Crippen molar-refractivity contribution in [2.45, 2.75) is 57.8 Å². The molecule has 1 fully saturated rings. The second-order valence-corrected chi connectivity index (χ2v) is 9.95. The molecule has 2 amide bonds. The topological polar surface area (TPSA) is 80.1 Å². The second-order valence-electron chi connectivity index (χ2n) is 9.01. The first kappa shape index (κ1) is 25.7. The van der Waals surface area contributed by atoms with Crippen molar-refractivity contribution < 1.29 is 9.59 Å². The maximum absolute atomic E-state index is 13.4. The molecule has 7 nitrogen and oxygen atoms in total. The lowest BCUT2D eigenvalue weighted by Gasteiger charge is -2.25. The summed E-state index contributed by atoms with van der Waals surface area (Å²) in [6, 6.07) is 13.6. The summed E-state index contributed by atoms with van der Waals surface area (Å²) < 4.78 is 1.98. The van der Waals surface area contributed by atoms with Crippen LogP contribution in [0.5, 0.6) is 0 Å². The minimum Gasteiger partial charge on any atom is -0.328 e. The quantitative estimate of drug-likeness (QED) is 0.314. The van der Waals surface area contributed by atoms with Crippen molar-refractivity contribution in [1.29, 1.82) is 0 Å². The van der Waals surface area contributed by atoms with Gasteiger partial charge in [0, 0.05) is 24.3 Å². The van der Waals surface area contributed by atoms with Gasteiger partial charge in [-0.15, -0.1) is 16.8 Å². The van der Waals surface area contributed by atoms with Gasteiger partial charge in [-0.1, -0.05) is 61.2 Å². The van der Waals surface area contributed by atoms with Gasteiger partial charge in [-0.25, -0.2) is 0 Å². The van der Waals surface area contributed by atoms with E-state index in [1.165, 1.54) is 11.8 Å². The van der Waals surface area contributed by atoms with Crippen molar-refractivity contribution in [2.75, 3.05) is 17.6 Å². The number of hydrogen-bond acceptors (Lipinski definition) is 5. The Labute approximate surface area is 217 Å². The van der Waals surface area contributed by atoms with Gasteiger partial charge in [-0.3, -0.25) is 9.59 Å². The van der Waals surface area contributed by atoms with Crippen LogP contribution in [0.2, 0.25) is 0 Å². The van der Waals surface area contributed by atoms with E-state index >= 15 is 0 Å². The van der Waals surface area contributed by atoms with E-state index in [2.05, 4.69) is 29.0 Å². The van der Waals surface area contributed by atoms with Crippen LogP contribution in [0.4, 0.5) is 5.69 Å². The number of amides is 2. The number of likely N-dealkylation sites (tertiary alicyclic amines) is 1. The zero-order chi connectivity index (χ0) is 25.7. The maximum Gasteiger partial charge on any atom is 0.254 e. The molecule has 2 heterocycles. The van der Waals surface area contributed by atoms with Crippen molar-refractivity contribution in [3.05, 3.63) is 83.2 Å². The number of nitrogens with zero attached hydrogens (tertiary/aromatic N) is 4. The first-order valence-electron chi connectivity index (χ1n) is 12.4. The number of allylic oxidation sites excluding steroid dienone is 1. The summed E-state index contributed by atoms with van der Waals surface area (Å²) in [7, 11) is 0. The Hall–Kier alpha value is -3.39. The van der Waals surface area contributed by atoms with Crippen molar-refractivity contribution in [2.24, 2.45) is 0 Å². The average molecular weight is 504 g/mol. The van der Waals surface area contributed by atoms with Crippen LogP contribution < -0.4 is 5.32 Å². The van der Waals surface area contributed by atoms with Crippen molar-refractivity contribution in [1.82, 2.24) is 19.7 Å². The van der Waals surface area contributed by atoms with Crippen molar-refractivity contribution in [3.63, 3.8) is 0 Å². The Morgan fingerprint density at radius 1 is 1.14 bits per heavy atom. The summed E-state index contributed by atoms with van der Waals surface area (Å²) in [6.45, 7) is 11.1. The highest BCUT2D eigenvalue weighted by atomic mass is 32.2. The maximum atomic E-state index is 13.4. The van der Waals surface area contributed by atoms with Crippen molar-refractivity contribution >= 4 is 29.3 Å². The van der Waals surface area contributed by atoms with E-state index in [4.69, 9.17) is 0 Å². The number of benzene rings is 2. The number of carbonyl (C=O) groups excluding carboxylic acids is 2. The summed E-state index contributed by atoms with van der Waals surface area (Å²) in [5.74, 6) is 0.881. The summed E-state index contributed by atoms with van der Waals surface area (Å²) >= 11 is 1.35. The zero-order valence-corrected chi connectivity index (χ0v) is 22.0. The summed E-state index contributed by atoms with van der Waals surface area (Å²) in [4.78, 5) is 28.1. The predicted octanol–water partition coefficient (Wildman–Crippen LogP) is 5.35. The highest BCUT2D eigenvalue weighted by Gasteiger charge is 2.35. The molecule has 188 valence electrons. The lowest BCUT2D eigenvalue weighted by atomic mass is 10.1. The van der Waals surface area contributed by atoms with E-state index in [0.717, 1.165) is 47.5 Å². The number of nitrogens with one attached hydrogen (secondary N) is 1. The number of hydrogen-bond donors (Lipinski definition) is 1. The second kappa shape index (κ2) is 11.6. The van der Waals surface area contributed by atoms with Gasteiger partial charge >= 0.3 is 0 Å². The Balaban J connectivity index is 1.51. The molecule has 0 spiro atoms. The van der Waals surface area contributed by atoms with Crippen LogP contribution in [0.1, 0.15) is 58.7 Å². The minimum atomic E-state index is -0.160. The largest absolute Gasteiger partial charge is 0.328 e. The molecule has 3 aromatic rings. The van der Waals surface area contributed by atoms with Gasteiger partial charge in [0.15, 0.2) is 11.0 Å². The highest BCUT2D eigenvalue weighted by molar-refractivity contribution is 7.99. The molecule has 2 aromatic carbocycles. The lowest BCUT2D eigenvalue weighted by molar-refractivity contribution is -0.113. The molecule has 0 bridgehead atoms. The molecule has 1 N–H and O–H groups in total. The Morgan fingerprint density at radius 3 is 2.67 bits per heavy atom. The van der Waals surface area contributed by atoms with Crippen LogP contribution in [0.15, 0.2) is 60.3 Å². The molecule has 1 atom stereocenters. The first-order chi connectivity index (χ1) is 17.4. The molecular weight excluding hydrogens is 470 g/mol. The van der Waals surface area contributed by atoms with Gasteiger partial charge < -0.3 is 14.8 Å². The molecule has 8 heteroatoms. The van der Waals surface area contributed by atoms with E-state index in [1.54, 1.807) is 6.08 Å². The molecule has 36 heavy (non-hydrogen) atoms. The molecular formula is C28H33N5O2S. The fourth-order valence-electron chi connectivity index (χ4n) is 4.71. The number of para-hydroxylation sites is 1. The molecule has 1 aliphatic rings. The number of anilines is 1. The molecule has 4 rings (SSSR count). The third-order valence-electron chi connectivity index (χ3n) is 6.58. The molecule has 1 unspecified atom stereocenters.